The zero-order chi connectivity index (χ0) is 111. The van der Waals surface area contributed by atoms with Gasteiger partial charge in [-0.1, -0.05) is 250 Å². The van der Waals surface area contributed by atoms with E-state index in [0.29, 0.717) is 24.2 Å². The molecule has 37 heteroatoms. The number of hydrazine groups is 5. The molecule has 0 atom stereocenters. The summed E-state index contributed by atoms with van der Waals surface area (Å²) in [6, 6.07) is 1.92. The molecule has 3 fully saturated rings. The van der Waals surface area contributed by atoms with Crippen molar-refractivity contribution in [2.45, 2.75) is 294 Å². The van der Waals surface area contributed by atoms with E-state index in [1.165, 1.54) is 77.3 Å². The van der Waals surface area contributed by atoms with Gasteiger partial charge in [-0.25, -0.2) is 50.1 Å². The molecule has 2 aliphatic carbocycles. The third-order valence-corrected chi connectivity index (χ3v) is 20.4. The molecule has 0 aromatic rings. The first-order chi connectivity index (χ1) is 64.8. The molecule has 144 heavy (non-hydrogen) atoms. The summed E-state index contributed by atoms with van der Waals surface area (Å²) in [4.78, 5) is 15.6. The second-order valence-electron chi connectivity index (χ2n) is 36.3. The molecule has 0 unspecified atom stereocenters. The molecule has 5 radical (unpaired) electrons. The monoisotopic (exact) mass is 2520 g/mol. The van der Waals surface area contributed by atoms with Crippen LogP contribution in [0.25, 0.3) is 74.4 Å². The molecule has 31 nitrogen and oxygen atoms in total. The summed E-state index contributed by atoms with van der Waals surface area (Å²) in [5.41, 5.74) is 0.278. The molecule has 0 N–H and O–H groups in total. The van der Waals surface area contributed by atoms with E-state index in [0.717, 1.165) is 216 Å². The Hall–Kier alpha value is 4.06. The quantitative estimate of drug-likeness (QED) is 0.0405. The Bertz CT molecular complexity index is 1700. The van der Waals surface area contributed by atoms with Gasteiger partial charge in [-0.15, -0.1) is 56.9 Å². The normalized spacial score (nSPS) is 12.1. The standard InChI is InChI=1S/2C9H20N2.C8H20N2.C8H19N2.C7H16N2.2C6H16N2.2C6H15N2.2C5H13N2.2C5H10.2C4H12N2.C4H10N.2C3H8N.2C2H6N.6Zr/c2*1-8(2)10-6-5-7-11-9(3)4;1-5-9(6-2)10(7-3)8-4;1-4-9-7-8-10(5-2)6-3;1-7(2)8(3)5-6-9(7)4;2*1-5-7(3)8(4)6-2;2*1-4-7-5-6-8(2)3;2*1-6-4-5-7(2)3;2*1-2-4-5-3-1;2*1-5(2)6(3)4;1-3-5-4-2;2*1-3-4-2;2*1-3-2;;;;;;/h2*8-9H,5-7H2,1-4H3;5-8H2,1-4H3;4-8H2,1-3H3;5-6H2,1-4H3;2*5-6H2,1-4H3;2*4-6H2,1-3H3;2*4-5H2,1-3H3;2*1-5H2;2*1-4H3;3-4H2,1-2H3;2*3H2,1-2H3;2*1-2H3;;;;;;/q2*-2;;-1;;;;4*-1;;;;;5*-1;5*+3;+4. The maximum Gasteiger partial charge on any atom is 4.00 e. The van der Waals surface area contributed by atoms with Gasteiger partial charge in [-0.3, -0.25) is 9.80 Å². The molecule has 1 saturated heterocycles. The summed E-state index contributed by atoms with van der Waals surface area (Å²) in [7, 11) is 59.4. The smallest absolute Gasteiger partial charge is 0.668 e. The van der Waals surface area contributed by atoms with Gasteiger partial charge in [0.15, 0.2) is 0 Å². The average Bonchev–Trinajstić information content (AvgIpc) is 1.69. The topological polar surface area (TPSA) is 252 Å². The van der Waals surface area contributed by atoms with Crippen LogP contribution in [0.1, 0.15) is 264 Å². The summed E-state index contributed by atoms with van der Waals surface area (Å²) in [6.07, 6.45) is 17.2. The average molecular weight is 2530 g/mol. The summed E-state index contributed by atoms with van der Waals surface area (Å²) in [5, 5.41) is 77.8. The molecule has 0 spiro atoms. The first-order valence-corrected chi connectivity index (χ1v) is 54.0. The van der Waals surface area contributed by atoms with E-state index in [1.54, 1.807) is 42.3 Å². The minimum absolute atomic E-state index is 0. The number of rotatable bonds is 49. The Labute approximate surface area is 1030 Å². The van der Waals surface area contributed by atoms with Crippen molar-refractivity contribution in [2.75, 3.05) is 427 Å². The molecular formula is C107H265N31Zr6+5. The van der Waals surface area contributed by atoms with Crippen LogP contribution >= 0.6 is 0 Å². The molecule has 3 aliphatic rings. The first-order valence-electron chi connectivity index (χ1n) is 54.0. The maximum absolute atomic E-state index is 4.36. The zero-order valence-corrected chi connectivity index (χ0v) is 123. The van der Waals surface area contributed by atoms with Crippen LogP contribution in [0.4, 0.5) is 0 Å². The molecule has 1 aliphatic heterocycles. The van der Waals surface area contributed by atoms with Crippen LogP contribution in [0.5, 0.6) is 0 Å². The fraction of sp³-hybridized carbons (Fsp3) is 1.00. The summed E-state index contributed by atoms with van der Waals surface area (Å²) in [5.74, 6) is 0. The number of likely N-dealkylation sites (N-methyl/N-ethyl adjacent to an activating group) is 12. The molecule has 0 bridgehead atoms. The van der Waals surface area contributed by atoms with Crippen LogP contribution < -0.4 is 0 Å². The van der Waals surface area contributed by atoms with Gasteiger partial charge in [0, 0.05) is 150 Å². The van der Waals surface area contributed by atoms with Gasteiger partial charge in [0.1, 0.15) is 0 Å². The van der Waals surface area contributed by atoms with Crippen molar-refractivity contribution in [1.82, 2.24) is 84.4 Å². The van der Waals surface area contributed by atoms with E-state index in [2.05, 4.69) is 369 Å². The van der Waals surface area contributed by atoms with Gasteiger partial charge in [0.25, 0.3) is 0 Å². The molecular weight excluding hydrogens is 2270 g/mol. The van der Waals surface area contributed by atoms with Crippen molar-refractivity contribution < 1.29 is 157 Å². The number of nitrogens with zero attached hydrogens (tertiary/aromatic N) is 31. The van der Waals surface area contributed by atoms with Crippen LogP contribution in [0, 0.1) is 0 Å². The third kappa shape index (κ3) is 236. The minimum Gasteiger partial charge on any atom is -0.668 e. The molecule has 867 valence electrons. The van der Waals surface area contributed by atoms with Crippen molar-refractivity contribution in [3.8, 4) is 0 Å². The Kier molecular flexibility index (Phi) is 256. The van der Waals surface area contributed by atoms with Crippen molar-refractivity contribution in [2.24, 2.45) is 0 Å². The molecule has 3 rings (SSSR count). The van der Waals surface area contributed by atoms with Gasteiger partial charge in [0.05, 0.1) is 5.66 Å². The van der Waals surface area contributed by atoms with Gasteiger partial charge in [0.2, 0.25) is 0 Å². The molecule has 1 heterocycles. The van der Waals surface area contributed by atoms with Gasteiger partial charge in [-0.2, -0.15) is 128 Å². The summed E-state index contributed by atoms with van der Waals surface area (Å²) < 4.78 is 0. The number of hydrogen-bond acceptors (Lipinski definition) is 17. The van der Waals surface area contributed by atoms with Crippen LogP contribution in [-0.2, 0) is 157 Å². The predicted octanol–water partition coefficient (Wildman–Crippen LogP) is 23.0. The summed E-state index contributed by atoms with van der Waals surface area (Å²) in [6.45, 7) is 91.8. The van der Waals surface area contributed by atoms with Gasteiger partial charge < -0.3 is 98.9 Å². The largest absolute Gasteiger partial charge is 4.00 e. The Morgan fingerprint density at radius 2 is 0.417 bits per heavy atom. The van der Waals surface area contributed by atoms with Crippen LogP contribution in [0.3, 0.4) is 0 Å². The predicted molar refractivity (Wildman–Crippen MR) is 643 cm³/mol. The Balaban J connectivity index is -0.0000000512. The van der Waals surface area contributed by atoms with Crippen molar-refractivity contribution in [3.05, 3.63) is 74.4 Å². The van der Waals surface area contributed by atoms with E-state index in [-0.39, 0.29) is 163 Å². The summed E-state index contributed by atoms with van der Waals surface area (Å²) >= 11 is 0. The zero-order valence-electron chi connectivity index (χ0n) is 108. The van der Waals surface area contributed by atoms with Gasteiger partial charge in [-0.05, 0) is 130 Å². The fourth-order valence-electron chi connectivity index (χ4n) is 9.25. The first kappa shape index (κ1) is 205. The third-order valence-electron chi connectivity index (χ3n) is 20.4. The van der Waals surface area contributed by atoms with Crippen molar-refractivity contribution in [3.63, 3.8) is 0 Å². The van der Waals surface area contributed by atoms with E-state index in [1.807, 2.05) is 146 Å². The van der Waals surface area contributed by atoms with E-state index in [4.69, 9.17) is 0 Å². The molecule has 0 amide bonds. The maximum atomic E-state index is 4.36. The molecule has 0 aromatic carbocycles. The number of hydrogen-bond donors (Lipinski definition) is 0. The van der Waals surface area contributed by atoms with Crippen LogP contribution in [0.15, 0.2) is 0 Å². The van der Waals surface area contributed by atoms with Gasteiger partial charge >= 0.3 is 157 Å². The Morgan fingerprint density at radius 3 is 0.514 bits per heavy atom. The second kappa shape index (κ2) is 180. The Morgan fingerprint density at radius 1 is 0.243 bits per heavy atom. The van der Waals surface area contributed by atoms with E-state index in [9.17, 15) is 0 Å². The van der Waals surface area contributed by atoms with E-state index >= 15 is 0 Å². The van der Waals surface area contributed by atoms with E-state index < -0.39 is 0 Å². The fourth-order valence-corrected chi connectivity index (χ4v) is 9.25. The minimum atomic E-state index is 0. The molecule has 2 saturated carbocycles. The second-order valence-corrected chi connectivity index (χ2v) is 36.3. The van der Waals surface area contributed by atoms with Crippen LogP contribution in [-0.4, -0.2) is 542 Å². The van der Waals surface area contributed by atoms with Crippen molar-refractivity contribution in [1.29, 1.82) is 0 Å². The van der Waals surface area contributed by atoms with Crippen molar-refractivity contribution >= 4 is 0 Å². The van der Waals surface area contributed by atoms with Crippen LogP contribution in [0.2, 0.25) is 0 Å². The SMILES string of the molecule is C1CCCC1.C1CCCC1.CC(C)[N-]CCC[N-]C(C)C.CC(C)[N-]CCC[N-]C(C)C.CCN(C)N(C)CC.CCN(C)N(C)CC.CCN(CC)N(CC)CC.CC[N-]C.CC[N-]C.CC[N-]CC.CC[N-]CCN(C)C.CC[N-]CCN(C)C.CC[N-]CCN(CC)CC.CN(C)N(C)C.CN(C)N(C)C.CN1CCN(C)C1(C)C.C[N-]C.C[N-]C.C[N-]CCN(C)C.C[N-]CCN(C)C.[Zr+3].[Zr+3].[Zr+3].[Zr+3].[Zr+3].[Zr+4]. The molecule has 0 aromatic heterocycles.